The van der Waals surface area contributed by atoms with Gasteiger partial charge in [0.15, 0.2) is 0 Å². The lowest BCUT2D eigenvalue weighted by molar-refractivity contribution is -0.141. The number of nitriles is 1. The molecule has 0 saturated heterocycles. The Labute approximate surface area is 152 Å². The van der Waals surface area contributed by atoms with Crippen molar-refractivity contribution >= 4 is 17.6 Å². The highest BCUT2D eigenvalue weighted by atomic mass is 16.5. The molecule has 3 N–H and O–H groups in total. The molecule has 1 atom stereocenters. The summed E-state index contributed by atoms with van der Waals surface area (Å²) >= 11 is 0. The fourth-order valence-corrected chi connectivity index (χ4v) is 2.15. The number of amides is 1. The van der Waals surface area contributed by atoms with Gasteiger partial charge in [-0.2, -0.15) is 5.26 Å². The summed E-state index contributed by atoms with van der Waals surface area (Å²) in [7, 11) is 3.00. The Bertz CT molecular complexity index is 722. The molecular weight excluding hydrogens is 338 g/mol. The first-order valence-electron chi connectivity index (χ1n) is 7.94. The van der Waals surface area contributed by atoms with E-state index < -0.39 is 17.9 Å². The summed E-state index contributed by atoms with van der Waals surface area (Å²) in [6.45, 7) is 3.70. The van der Waals surface area contributed by atoms with Crippen LogP contribution in [0.15, 0.2) is 30.0 Å². The molecule has 1 unspecified atom stereocenters. The number of hydrogen-bond acceptors (Lipinski definition) is 6. The number of anilines is 1. The molecule has 0 fully saturated rings. The number of nitrogens with one attached hydrogen (secondary N) is 2. The minimum Gasteiger partial charge on any atom is -0.497 e. The zero-order chi connectivity index (χ0) is 19.7. The number of benzene rings is 1. The molecule has 1 aromatic rings. The molecule has 0 heterocycles. The topological polar surface area (TPSA) is 121 Å². The van der Waals surface area contributed by atoms with Crippen LogP contribution in [0.4, 0.5) is 5.69 Å². The van der Waals surface area contributed by atoms with Crippen molar-refractivity contribution in [3.05, 3.63) is 30.0 Å². The maximum absolute atomic E-state index is 12.2. The molecule has 8 heteroatoms. The Hall–Kier alpha value is -3.21. The van der Waals surface area contributed by atoms with Gasteiger partial charge in [-0.15, -0.1) is 0 Å². The number of methoxy groups -OCH3 is 2. The van der Waals surface area contributed by atoms with E-state index in [2.05, 4.69) is 10.6 Å². The van der Waals surface area contributed by atoms with Crippen molar-refractivity contribution in [1.82, 2.24) is 5.32 Å². The maximum Gasteiger partial charge on any atom is 0.326 e. The Morgan fingerprint density at radius 2 is 2.00 bits per heavy atom. The molecule has 1 rings (SSSR count). The Balaban J connectivity index is 2.92. The zero-order valence-corrected chi connectivity index (χ0v) is 15.2. The first kappa shape index (κ1) is 20.8. The van der Waals surface area contributed by atoms with E-state index in [-0.39, 0.29) is 17.9 Å². The van der Waals surface area contributed by atoms with Crippen LogP contribution in [0.25, 0.3) is 0 Å². The van der Waals surface area contributed by atoms with E-state index in [0.29, 0.717) is 17.2 Å². The maximum atomic E-state index is 12.2. The highest BCUT2D eigenvalue weighted by molar-refractivity contribution is 5.99. The van der Waals surface area contributed by atoms with Gasteiger partial charge in [0.25, 0.3) is 5.91 Å². The van der Waals surface area contributed by atoms with Gasteiger partial charge in [0, 0.05) is 12.3 Å². The van der Waals surface area contributed by atoms with E-state index in [1.165, 1.54) is 20.4 Å². The van der Waals surface area contributed by atoms with Crippen LogP contribution in [0.2, 0.25) is 0 Å². The van der Waals surface area contributed by atoms with Gasteiger partial charge in [-0.3, -0.25) is 4.79 Å². The largest absolute Gasteiger partial charge is 0.497 e. The summed E-state index contributed by atoms with van der Waals surface area (Å²) in [6.07, 6.45) is 1.47. The van der Waals surface area contributed by atoms with Crippen molar-refractivity contribution in [2.75, 3.05) is 19.5 Å². The molecule has 0 saturated carbocycles. The number of carboxylic acids is 1. The molecule has 0 aliphatic rings. The number of aliphatic carboxylic acids is 1. The van der Waals surface area contributed by atoms with Crippen LogP contribution < -0.4 is 20.1 Å². The van der Waals surface area contributed by atoms with E-state index in [1.807, 2.05) is 13.8 Å². The van der Waals surface area contributed by atoms with Gasteiger partial charge >= 0.3 is 5.97 Å². The summed E-state index contributed by atoms with van der Waals surface area (Å²) in [4.78, 5) is 23.4. The predicted molar refractivity (Wildman–Crippen MR) is 95.9 cm³/mol. The van der Waals surface area contributed by atoms with Crippen molar-refractivity contribution in [3.8, 4) is 17.6 Å². The zero-order valence-electron chi connectivity index (χ0n) is 15.2. The summed E-state index contributed by atoms with van der Waals surface area (Å²) in [5.41, 5.74) is 0.267. The van der Waals surface area contributed by atoms with E-state index in [0.717, 1.165) is 0 Å². The molecule has 1 aromatic carbocycles. The number of nitrogens with zero attached hydrogens (tertiary/aromatic N) is 1. The molecule has 0 aliphatic heterocycles. The Morgan fingerprint density at radius 3 is 2.50 bits per heavy atom. The smallest absolute Gasteiger partial charge is 0.326 e. The molecule has 0 radical (unpaired) electrons. The fourth-order valence-electron chi connectivity index (χ4n) is 2.15. The lowest BCUT2D eigenvalue weighted by Crippen LogP contribution is -2.42. The van der Waals surface area contributed by atoms with Crippen molar-refractivity contribution in [2.24, 2.45) is 5.92 Å². The molecule has 1 amide bonds. The minimum absolute atomic E-state index is 0.0765. The van der Waals surface area contributed by atoms with Crippen LogP contribution >= 0.6 is 0 Å². The van der Waals surface area contributed by atoms with Gasteiger partial charge in [-0.05, 0) is 24.5 Å². The molecule has 0 aliphatic carbocycles. The fraction of sp³-hybridized carbons (Fsp3) is 0.389. The molecular formula is C18H23N3O5. The third-order valence-corrected chi connectivity index (χ3v) is 3.46. The van der Waals surface area contributed by atoms with Gasteiger partial charge in [0.1, 0.15) is 29.2 Å². The van der Waals surface area contributed by atoms with E-state index in [9.17, 15) is 20.0 Å². The summed E-state index contributed by atoms with van der Waals surface area (Å²) in [5.74, 6) is -0.781. The summed E-state index contributed by atoms with van der Waals surface area (Å²) in [5, 5.41) is 23.6. The highest BCUT2D eigenvalue weighted by Crippen LogP contribution is 2.29. The van der Waals surface area contributed by atoms with Crippen LogP contribution in [0, 0.1) is 17.2 Å². The first-order valence-corrected chi connectivity index (χ1v) is 7.94. The van der Waals surface area contributed by atoms with Gasteiger partial charge in [-0.25, -0.2) is 4.79 Å². The van der Waals surface area contributed by atoms with Crippen LogP contribution in [-0.4, -0.2) is 37.2 Å². The monoisotopic (exact) mass is 361 g/mol. The Morgan fingerprint density at radius 1 is 1.31 bits per heavy atom. The Kier molecular flexibility index (Phi) is 7.96. The lowest BCUT2D eigenvalue weighted by atomic mass is 10.0. The predicted octanol–water partition coefficient (Wildman–Crippen LogP) is 2.14. The average molecular weight is 361 g/mol. The quantitative estimate of drug-likeness (QED) is 0.455. The number of hydrogen-bond donors (Lipinski definition) is 3. The second kappa shape index (κ2) is 9.93. The van der Waals surface area contributed by atoms with Crippen LogP contribution in [-0.2, 0) is 9.59 Å². The molecule has 0 aromatic heterocycles. The van der Waals surface area contributed by atoms with E-state index in [1.54, 1.807) is 24.3 Å². The molecule has 8 nitrogen and oxygen atoms in total. The third kappa shape index (κ3) is 6.02. The highest BCUT2D eigenvalue weighted by Gasteiger charge is 2.22. The van der Waals surface area contributed by atoms with Crippen molar-refractivity contribution in [1.29, 1.82) is 5.26 Å². The number of carbonyl (C=O) groups is 2. The van der Waals surface area contributed by atoms with Crippen LogP contribution in [0.1, 0.15) is 20.3 Å². The number of carbonyl (C=O) groups excluding carboxylic acids is 1. The summed E-state index contributed by atoms with van der Waals surface area (Å²) < 4.78 is 10.3. The van der Waals surface area contributed by atoms with Crippen LogP contribution in [0.5, 0.6) is 11.5 Å². The van der Waals surface area contributed by atoms with Crippen molar-refractivity contribution in [3.63, 3.8) is 0 Å². The van der Waals surface area contributed by atoms with E-state index >= 15 is 0 Å². The number of carboxylic acid groups (broad SMARTS) is 1. The second-order valence-electron chi connectivity index (χ2n) is 5.87. The lowest BCUT2D eigenvalue weighted by Gasteiger charge is -2.16. The van der Waals surface area contributed by atoms with Gasteiger partial charge in [0.05, 0.1) is 19.9 Å². The van der Waals surface area contributed by atoms with E-state index in [4.69, 9.17) is 9.47 Å². The van der Waals surface area contributed by atoms with Gasteiger partial charge in [-0.1, -0.05) is 13.8 Å². The molecule has 26 heavy (non-hydrogen) atoms. The average Bonchev–Trinajstić information content (AvgIpc) is 2.61. The molecule has 0 spiro atoms. The van der Waals surface area contributed by atoms with Gasteiger partial charge in [0.2, 0.25) is 0 Å². The number of ether oxygens (including phenoxy) is 2. The van der Waals surface area contributed by atoms with Gasteiger partial charge < -0.3 is 25.2 Å². The normalized spacial score (nSPS) is 12.1. The standard InChI is InChI=1S/C18H23N3O5/c1-11(2)7-15(18(23)24)21-17(22)12(9-19)10-20-14-6-5-13(25-3)8-16(14)26-4/h5-6,8,10-11,15,20H,7H2,1-4H3,(H,21,22)(H,23,24)/b12-10-. The third-order valence-electron chi connectivity index (χ3n) is 3.46. The first-order chi connectivity index (χ1) is 12.3. The summed E-state index contributed by atoms with van der Waals surface area (Å²) in [6, 6.07) is 5.70. The van der Waals surface area contributed by atoms with Crippen molar-refractivity contribution < 1.29 is 24.2 Å². The molecule has 140 valence electrons. The minimum atomic E-state index is -1.14. The molecule has 0 bridgehead atoms. The second-order valence-corrected chi connectivity index (χ2v) is 5.87. The van der Waals surface area contributed by atoms with Crippen molar-refractivity contribution in [2.45, 2.75) is 26.3 Å². The SMILES string of the molecule is COc1ccc(N/C=C(/C#N)C(=O)NC(CC(C)C)C(=O)O)c(OC)c1. The number of rotatable bonds is 9. The van der Waals surface area contributed by atoms with Crippen LogP contribution in [0.3, 0.4) is 0 Å².